The minimum Gasteiger partial charge on any atom is -0.495 e. The maximum absolute atomic E-state index is 10.7. The molecule has 94 valence electrons. The summed E-state index contributed by atoms with van der Waals surface area (Å²) in [6.07, 6.45) is 1.26. The summed E-state index contributed by atoms with van der Waals surface area (Å²) >= 11 is 5.92. The minimum atomic E-state index is -0.945. The number of aliphatic carboxylic acids is 1. The number of nitrogens with zero attached hydrogens (tertiary/aromatic N) is 3. The molecule has 0 bridgehead atoms. The average molecular weight is 268 g/mol. The summed E-state index contributed by atoms with van der Waals surface area (Å²) in [5, 5.41) is 16.8. The maximum atomic E-state index is 10.7. The van der Waals surface area contributed by atoms with Gasteiger partial charge < -0.3 is 9.84 Å². The lowest BCUT2D eigenvalue weighted by molar-refractivity contribution is -0.136. The summed E-state index contributed by atoms with van der Waals surface area (Å²) < 4.78 is 6.53. The van der Waals surface area contributed by atoms with Gasteiger partial charge >= 0.3 is 5.97 Å². The number of hydrogen-bond donors (Lipinski definition) is 1. The van der Waals surface area contributed by atoms with Crippen LogP contribution in [-0.4, -0.2) is 33.2 Å². The molecule has 0 aliphatic heterocycles. The lowest BCUT2D eigenvalue weighted by Gasteiger charge is -2.08. The molecule has 0 saturated heterocycles. The van der Waals surface area contributed by atoms with Gasteiger partial charge in [-0.3, -0.25) is 4.79 Å². The van der Waals surface area contributed by atoms with Crippen molar-refractivity contribution in [3.63, 3.8) is 0 Å². The predicted molar refractivity (Wildman–Crippen MR) is 64.3 cm³/mol. The molecule has 0 fully saturated rings. The second kappa shape index (κ2) is 5.05. The van der Waals surface area contributed by atoms with Crippen molar-refractivity contribution in [3.8, 4) is 11.4 Å². The molecule has 0 amide bonds. The SMILES string of the molecule is COc1cc(-n2nncc2CC(=O)O)ccc1Cl. The highest BCUT2D eigenvalue weighted by Crippen LogP contribution is 2.26. The molecule has 0 spiro atoms. The zero-order chi connectivity index (χ0) is 13.1. The number of methoxy groups -OCH3 is 1. The zero-order valence-electron chi connectivity index (χ0n) is 9.50. The number of halogens is 1. The number of ether oxygens (including phenoxy) is 1. The summed E-state index contributed by atoms with van der Waals surface area (Å²) in [4.78, 5) is 10.7. The number of benzene rings is 1. The van der Waals surface area contributed by atoms with Crippen molar-refractivity contribution < 1.29 is 14.6 Å². The van der Waals surface area contributed by atoms with Gasteiger partial charge in [0.05, 0.1) is 36.1 Å². The lowest BCUT2D eigenvalue weighted by atomic mass is 10.2. The molecule has 1 aromatic heterocycles. The number of carbonyl (C=O) groups is 1. The Morgan fingerprint density at radius 1 is 1.56 bits per heavy atom. The van der Waals surface area contributed by atoms with Crippen LogP contribution < -0.4 is 4.74 Å². The van der Waals surface area contributed by atoms with Gasteiger partial charge in [-0.15, -0.1) is 5.10 Å². The summed E-state index contributed by atoms with van der Waals surface area (Å²) in [6.45, 7) is 0. The Morgan fingerprint density at radius 3 is 3.00 bits per heavy atom. The predicted octanol–water partition coefficient (Wildman–Crippen LogP) is 1.56. The van der Waals surface area contributed by atoms with Gasteiger partial charge in [0.2, 0.25) is 0 Å². The average Bonchev–Trinajstić information content (AvgIpc) is 2.77. The van der Waals surface area contributed by atoms with Gasteiger partial charge in [0.25, 0.3) is 0 Å². The van der Waals surface area contributed by atoms with Crippen molar-refractivity contribution in [2.45, 2.75) is 6.42 Å². The second-order valence-electron chi connectivity index (χ2n) is 3.53. The van der Waals surface area contributed by atoms with Gasteiger partial charge in [0.1, 0.15) is 5.75 Å². The minimum absolute atomic E-state index is 0.155. The molecule has 0 aliphatic rings. The Hall–Kier alpha value is -2.08. The first-order chi connectivity index (χ1) is 8.61. The molecule has 0 atom stereocenters. The van der Waals surface area contributed by atoms with Crippen LogP contribution in [0.4, 0.5) is 0 Å². The lowest BCUT2D eigenvalue weighted by Crippen LogP contribution is -2.08. The first-order valence-corrected chi connectivity index (χ1v) is 5.45. The summed E-state index contributed by atoms with van der Waals surface area (Å²) in [5.41, 5.74) is 1.12. The van der Waals surface area contributed by atoms with E-state index in [1.807, 2.05) is 0 Å². The van der Waals surface area contributed by atoms with Crippen LogP contribution in [0.25, 0.3) is 5.69 Å². The molecule has 0 unspecified atom stereocenters. The van der Waals surface area contributed by atoms with Gasteiger partial charge in [-0.25, -0.2) is 4.68 Å². The van der Waals surface area contributed by atoms with E-state index < -0.39 is 5.97 Å². The van der Waals surface area contributed by atoms with Crippen molar-refractivity contribution in [2.24, 2.45) is 0 Å². The van der Waals surface area contributed by atoms with Crippen LogP contribution in [0.3, 0.4) is 0 Å². The van der Waals surface area contributed by atoms with Crippen LogP contribution in [0.2, 0.25) is 5.02 Å². The molecule has 2 aromatic rings. The van der Waals surface area contributed by atoms with Crippen LogP contribution in [0, 0.1) is 0 Å². The molecule has 0 aliphatic carbocycles. The van der Waals surface area contributed by atoms with E-state index in [1.165, 1.54) is 18.0 Å². The number of carboxylic acid groups (broad SMARTS) is 1. The van der Waals surface area contributed by atoms with Crippen LogP contribution in [0.15, 0.2) is 24.4 Å². The Kier molecular flexibility index (Phi) is 3.47. The van der Waals surface area contributed by atoms with Crippen molar-refractivity contribution in [1.82, 2.24) is 15.0 Å². The molecular weight excluding hydrogens is 258 g/mol. The van der Waals surface area contributed by atoms with E-state index in [4.69, 9.17) is 21.4 Å². The highest BCUT2D eigenvalue weighted by atomic mass is 35.5. The maximum Gasteiger partial charge on any atom is 0.309 e. The Balaban J connectivity index is 2.42. The first kappa shape index (κ1) is 12.4. The molecule has 7 heteroatoms. The van der Waals surface area contributed by atoms with Crippen LogP contribution in [-0.2, 0) is 11.2 Å². The normalized spacial score (nSPS) is 10.3. The zero-order valence-corrected chi connectivity index (χ0v) is 10.3. The van der Waals surface area contributed by atoms with Crippen molar-refractivity contribution in [2.75, 3.05) is 7.11 Å². The quantitative estimate of drug-likeness (QED) is 0.909. The van der Waals surface area contributed by atoms with Crippen LogP contribution in [0.1, 0.15) is 5.69 Å². The van der Waals surface area contributed by atoms with Crippen LogP contribution >= 0.6 is 11.6 Å². The third-order valence-electron chi connectivity index (χ3n) is 2.33. The van der Waals surface area contributed by atoms with E-state index in [0.29, 0.717) is 22.2 Å². The smallest absolute Gasteiger partial charge is 0.309 e. The Bertz CT molecular complexity index is 583. The van der Waals surface area contributed by atoms with Gasteiger partial charge in [-0.1, -0.05) is 16.8 Å². The highest BCUT2D eigenvalue weighted by molar-refractivity contribution is 6.32. The van der Waals surface area contributed by atoms with Crippen molar-refractivity contribution in [3.05, 3.63) is 35.1 Å². The number of hydrogen-bond acceptors (Lipinski definition) is 4. The van der Waals surface area contributed by atoms with Crippen molar-refractivity contribution in [1.29, 1.82) is 0 Å². The molecule has 0 saturated carbocycles. The van der Waals surface area contributed by atoms with E-state index in [9.17, 15) is 4.79 Å². The summed E-state index contributed by atoms with van der Waals surface area (Å²) in [6, 6.07) is 5.04. The fraction of sp³-hybridized carbons (Fsp3) is 0.182. The van der Waals surface area contributed by atoms with Gasteiger partial charge in [0.15, 0.2) is 0 Å². The molecule has 0 radical (unpaired) electrons. The topological polar surface area (TPSA) is 77.2 Å². The third kappa shape index (κ3) is 2.43. The van der Waals surface area contributed by atoms with Gasteiger partial charge in [0, 0.05) is 6.07 Å². The molecule has 6 nitrogen and oxygen atoms in total. The highest BCUT2D eigenvalue weighted by Gasteiger charge is 2.11. The second-order valence-corrected chi connectivity index (χ2v) is 3.93. The third-order valence-corrected chi connectivity index (χ3v) is 2.64. The molecule has 18 heavy (non-hydrogen) atoms. The van der Waals surface area contributed by atoms with Gasteiger partial charge in [-0.2, -0.15) is 0 Å². The fourth-order valence-corrected chi connectivity index (χ4v) is 1.72. The monoisotopic (exact) mass is 267 g/mol. The van der Waals surface area contributed by atoms with E-state index in [2.05, 4.69) is 10.3 Å². The fourth-order valence-electron chi connectivity index (χ4n) is 1.53. The first-order valence-electron chi connectivity index (χ1n) is 5.07. The Labute approximate surface area is 108 Å². The van der Waals surface area contributed by atoms with E-state index in [1.54, 1.807) is 18.2 Å². The van der Waals surface area contributed by atoms with E-state index in [0.717, 1.165) is 0 Å². The van der Waals surface area contributed by atoms with E-state index >= 15 is 0 Å². The molecule has 1 heterocycles. The molecule has 1 N–H and O–H groups in total. The standard InChI is InChI=1S/C11H10ClN3O3/c1-18-10-4-7(2-3-9(10)12)15-8(5-11(16)17)6-13-14-15/h2-4,6H,5H2,1H3,(H,16,17). The summed E-state index contributed by atoms with van der Waals surface area (Å²) in [7, 11) is 1.50. The van der Waals surface area contributed by atoms with Crippen LogP contribution in [0.5, 0.6) is 5.75 Å². The number of aromatic nitrogens is 3. The Morgan fingerprint density at radius 2 is 2.33 bits per heavy atom. The van der Waals surface area contributed by atoms with Crippen molar-refractivity contribution >= 4 is 17.6 Å². The molecular formula is C11H10ClN3O3. The molecule has 2 rings (SSSR count). The number of carboxylic acids is 1. The summed E-state index contributed by atoms with van der Waals surface area (Å²) in [5.74, 6) is -0.453. The van der Waals surface area contributed by atoms with E-state index in [-0.39, 0.29) is 6.42 Å². The molecule has 1 aromatic carbocycles. The van der Waals surface area contributed by atoms with Gasteiger partial charge in [-0.05, 0) is 12.1 Å². The number of rotatable bonds is 4. The largest absolute Gasteiger partial charge is 0.495 e.